The Labute approximate surface area is 95.7 Å². The van der Waals surface area contributed by atoms with Crippen LogP contribution in [0.5, 0.6) is 0 Å². The molecule has 0 aliphatic rings. The van der Waals surface area contributed by atoms with Crippen LogP contribution in [0, 0.1) is 0 Å². The molecule has 0 aliphatic heterocycles. The molecule has 0 aliphatic carbocycles. The Morgan fingerprint density at radius 1 is 1.00 bits per heavy atom. The van der Waals surface area contributed by atoms with Crippen LogP contribution in [0.1, 0.15) is 58.3 Å². The average molecular weight is 240 g/mol. The molecule has 0 saturated heterocycles. The second-order valence-electron chi connectivity index (χ2n) is 4.17. The fourth-order valence-corrected chi connectivity index (χ4v) is 1.65. The van der Waals surface area contributed by atoms with Crippen LogP contribution in [0.3, 0.4) is 0 Å². The number of hydrogen-bond donors (Lipinski definition) is 2. The molecule has 0 heterocycles. The summed E-state index contributed by atoms with van der Waals surface area (Å²) in [5, 5.41) is 0. The van der Waals surface area contributed by atoms with Gasteiger partial charge in [-0.3, -0.25) is 5.84 Å². The van der Waals surface area contributed by atoms with Gasteiger partial charge in [0.2, 0.25) is 0 Å². The van der Waals surface area contributed by atoms with Crippen molar-refractivity contribution in [1.29, 1.82) is 0 Å². The highest BCUT2D eigenvalue weighted by molar-refractivity contribution is 4.72. The predicted molar refractivity (Wildman–Crippen MR) is 59.8 cm³/mol. The largest absolute Gasteiger partial charge is 0.405 e. The fourth-order valence-electron chi connectivity index (χ4n) is 1.65. The highest BCUT2D eigenvalue weighted by Crippen LogP contribution is 2.23. The Morgan fingerprint density at radius 2 is 1.50 bits per heavy atom. The number of unbranched alkanes of at least 4 members (excludes halogenated alkanes) is 6. The summed E-state index contributed by atoms with van der Waals surface area (Å²) in [6.45, 7) is 2.14. The summed E-state index contributed by atoms with van der Waals surface area (Å²) < 4.78 is 36.8. The Balaban J connectivity index is 3.42. The van der Waals surface area contributed by atoms with Crippen LogP contribution >= 0.6 is 0 Å². The van der Waals surface area contributed by atoms with Crippen molar-refractivity contribution in [3.63, 3.8) is 0 Å². The molecule has 0 bridgehead atoms. The van der Waals surface area contributed by atoms with Gasteiger partial charge >= 0.3 is 6.18 Å². The number of hydrogen-bond acceptors (Lipinski definition) is 2. The van der Waals surface area contributed by atoms with E-state index < -0.39 is 12.2 Å². The summed E-state index contributed by atoms with van der Waals surface area (Å²) >= 11 is 0. The van der Waals surface area contributed by atoms with Crippen LogP contribution in [0.4, 0.5) is 13.2 Å². The van der Waals surface area contributed by atoms with E-state index in [1.807, 2.05) is 5.43 Å². The van der Waals surface area contributed by atoms with Crippen molar-refractivity contribution >= 4 is 0 Å². The predicted octanol–water partition coefficient (Wildman–Crippen LogP) is 3.52. The number of nitrogens with two attached hydrogens (primary N) is 1. The highest BCUT2D eigenvalue weighted by atomic mass is 19.4. The molecule has 0 spiro atoms. The summed E-state index contributed by atoms with van der Waals surface area (Å²) in [4.78, 5) is 0. The van der Waals surface area contributed by atoms with E-state index in [0.717, 1.165) is 19.3 Å². The summed E-state index contributed by atoms with van der Waals surface area (Å²) in [5.41, 5.74) is 1.83. The minimum atomic E-state index is -4.23. The molecule has 1 atom stereocenters. The van der Waals surface area contributed by atoms with Crippen molar-refractivity contribution in [3.8, 4) is 0 Å². The van der Waals surface area contributed by atoms with Gasteiger partial charge in [0, 0.05) is 0 Å². The first kappa shape index (κ1) is 15.7. The standard InChI is InChI=1S/C11H23F3N2/c1-2-3-4-5-6-7-8-9-10(16-15)11(12,13)14/h10,16H,2-9,15H2,1H3. The van der Waals surface area contributed by atoms with E-state index in [0.29, 0.717) is 6.42 Å². The Kier molecular flexibility index (Phi) is 8.66. The zero-order chi connectivity index (χ0) is 12.4. The smallest absolute Gasteiger partial charge is 0.271 e. The quantitative estimate of drug-likeness (QED) is 0.367. The van der Waals surface area contributed by atoms with E-state index in [1.165, 1.54) is 19.3 Å². The monoisotopic (exact) mass is 240 g/mol. The SMILES string of the molecule is CCCCCCCCCC(NN)C(F)(F)F. The van der Waals surface area contributed by atoms with Crippen molar-refractivity contribution in [2.75, 3.05) is 0 Å². The molecular formula is C11H23F3N2. The number of halogens is 3. The third kappa shape index (κ3) is 7.93. The number of nitrogens with one attached hydrogen (secondary N) is 1. The van der Waals surface area contributed by atoms with E-state index in [9.17, 15) is 13.2 Å². The molecule has 0 amide bonds. The van der Waals surface area contributed by atoms with Crippen LogP contribution < -0.4 is 11.3 Å². The summed E-state index contributed by atoms with van der Waals surface area (Å²) in [5.74, 6) is 4.87. The van der Waals surface area contributed by atoms with Crippen molar-refractivity contribution in [2.45, 2.75) is 70.5 Å². The van der Waals surface area contributed by atoms with Gasteiger partial charge in [-0.15, -0.1) is 0 Å². The molecule has 5 heteroatoms. The maximum atomic E-state index is 12.3. The molecule has 16 heavy (non-hydrogen) atoms. The lowest BCUT2D eigenvalue weighted by Gasteiger charge is -2.18. The minimum absolute atomic E-state index is 0.0772. The van der Waals surface area contributed by atoms with Crippen LogP contribution in [-0.2, 0) is 0 Å². The topological polar surface area (TPSA) is 38.0 Å². The average Bonchev–Trinajstić information content (AvgIpc) is 2.20. The molecule has 0 rings (SSSR count). The van der Waals surface area contributed by atoms with Crippen LogP contribution in [0.2, 0.25) is 0 Å². The lowest BCUT2D eigenvalue weighted by Crippen LogP contribution is -2.45. The molecule has 3 N–H and O–H groups in total. The molecule has 0 saturated carbocycles. The molecule has 0 fully saturated rings. The molecular weight excluding hydrogens is 217 g/mol. The molecule has 0 radical (unpaired) electrons. The minimum Gasteiger partial charge on any atom is -0.271 e. The second kappa shape index (κ2) is 8.82. The lowest BCUT2D eigenvalue weighted by atomic mass is 10.1. The van der Waals surface area contributed by atoms with Gasteiger partial charge in [0.05, 0.1) is 0 Å². The number of alkyl halides is 3. The molecule has 98 valence electrons. The van der Waals surface area contributed by atoms with E-state index in [4.69, 9.17) is 5.84 Å². The second-order valence-corrected chi connectivity index (χ2v) is 4.17. The van der Waals surface area contributed by atoms with E-state index in [-0.39, 0.29) is 6.42 Å². The third-order valence-corrected chi connectivity index (χ3v) is 2.69. The summed E-state index contributed by atoms with van der Waals surface area (Å²) in [7, 11) is 0. The van der Waals surface area contributed by atoms with E-state index in [2.05, 4.69) is 6.92 Å². The van der Waals surface area contributed by atoms with Crippen molar-refractivity contribution in [3.05, 3.63) is 0 Å². The molecule has 2 nitrogen and oxygen atoms in total. The lowest BCUT2D eigenvalue weighted by molar-refractivity contribution is -0.157. The van der Waals surface area contributed by atoms with Gasteiger partial charge in [-0.25, -0.2) is 5.43 Å². The van der Waals surface area contributed by atoms with Gasteiger partial charge in [0.15, 0.2) is 0 Å². The Hall–Kier alpha value is -0.290. The third-order valence-electron chi connectivity index (χ3n) is 2.69. The van der Waals surface area contributed by atoms with Gasteiger partial charge in [0.1, 0.15) is 6.04 Å². The first-order valence-corrected chi connectivity index (χ1v) is 6.05. The zero-order valence-electron chi connectivity index (χ0n) is 9.95. The molecule has 0 aromatic carbocycles. The van der Waals surface area contributed by atoms with Crippen molar-refractivity contribution in [1.82, 2.24) is 5.43 Å². The van der Waals surface area contributed by atoms with Gasteiger partial charge in [-0.1, -0.05) is 51.9 Å². The van der Waals surface area contributed by atoms with Gasteiger partial charge < -0.3 is 0 Å². The van der Waals surface area contributed by atoms with Gasteiger partial charge in [-0.2, -0.15) is 13.2 Å². The first-order valence-electron chi connectivity index (χ1n) is 6.05. The van der Waals surface area contributed by atoms with E-state index in [1.54, 1.807) is 0 Å². The molecule has 1 unspecified atom stereocenters. The number of rotatable bonds is 9. The maximum absolute atomic E-state index is 12.3. The first-order chi connectivity index (χ1) is 7.52. The fraction of sp³-hybridized carbons (Fsp3) is 1.00. The Bertz CT molecular complexity index is 160. The number of hydrazine groups is 1. The van der Waals surface area contributed by atoms with E-state index >= 15 is 0 Å². The zero-order valence-corrected chi connectivity index (χ0v) is 9.95. The van der Waals surface area contributed by atoms with Gasteiger partial charge in [-0.05, 0) is 6.42 Å². The molecule has 0 aromatic heterocycles. The van der Waals surface area contributed by atoms with Crippen LogP contribution in [-0.4, -0.2) is 12.2 Å². The molecule has 0 aromatic rings. The highest BCUT2D eigenvalue weighted by Gasteiger charge is 2.38. The normalized spacial score (nSPS) is 14.1. The van der Waals surface area contributed by atoms with Crippen molar-refractivity contribution < 1.29 is 13.2 Å². The van der Waals surface area contributed by atoms with Gasteiger partial charge in [0.25, 0.3) is 0 Å². The van der Waals surface area contributed by atoms with Crippen LogP contribution in [0.15, 0.2) is 0 Å². The van der Waals surface area contributed by atoms with Crippen molar-refractivity contribution in [2.24, 2.45) is 5.84 Å². The maximum Gasteiger partial charge on any atom is 0.405 e. The Morgan fingerprint density at radius 3 is 1.94 bits per heavy atom. The summed E-state index contributed by atoms with van der Waals surface area (Å²) in [6, 6.07) is -1.55. The van der Waals surface area contributed by atoms with Crippen LogP contribution in [0.25, 0.3) is 0 Å². The summed E-state index contributed by atoms with van der Waals surface area (Å²) in [6.07, 6.45) is 3.04.